The second-order valence-electron chi connectivity index (χ2n) is 6.61. The van der Waals surface area contributed by atoms with E-state index in [0.717, 1.165) is 5.56 Å². The predicted molar refractivity (Wildman–Crippen MR) is 113 cm³/mol. The zero-order chi connectivity index (χ0) is 20.1. The van der Waals surface area contributed by atoms with Gasteiger partial charge < -0.3 is 4.90 Å². The Morgan fingerprint density at radius 1 is 1.21 bits per heavy atom. The maximum atomic E-state index is 14.6. The van der Waals surface area contributed by atoms with Gasteiger partial charge in [0.05, 0.1) is 29.3 Å². The number of hydrogen-bond acceptors (Lipinski definition) is 5. The van der Waals surface area contributed by atoms with E-state index in [1.165, 1.54) is 30.0 Å². The summed E-state index contributed by atoms with van der Waals surface area (Å²) in [6.07, 6.45) is 0. The normalized spacial score (nSPS) is 23.0. The van der Waals surface area contributed by atoms with Crippen LogP contribution in [0.25, 0.3) is 0 Å². The average molecular weight is 508 g/mol. The Balaban J connectivity index is 1.65. The van der Waals surface area contributed by atoms with E-state index in [0.29, 0.717) is 20.4 Å². The number of halogens is 4. The number of hydrogen-bond donors (Lipinski definition) is 0. The van der Waals surface area contributed by atoms with Crippen LogP contribution >= 0.6 is 39.3 Å². The molecule has 2 atom stereocenters. The van der Waals surface area contributed by atoms with Gasteiger partial charge in [0.25, 0.3) is 0 Å². The standard InChI is InChI=1S/C18H14BrClF2N2O2S2/c19-11-2-4-16(14(22)5-11)24-17-9-28(25,26)8-15(17)23-18(24)27-7-10-1-3-12(21)6-13(10)20/h1-6,15,17H,7-9H2/t15-,17+/m1/s1. The molecule has 0 N–H and O–H groups in total. The van der Waals surface area contributed by atoms with E-state index in [-0.39, 0.29) is 17.2 Å². The van der Waals surface area contributed by atoms with Crippen molar-refractivity contribution in [2.75, 3.05) is 16.4 Å². The van der Waals surface area contributed by atoms with Crippen LogP contribution in [-0.4, -0.2) is 37.2 Å². The van der Waals surface area contributed by atoms with Gasteiger partial charge in [-0.3, -0.25) is 4.99 Å². The molecule has 0 spiro atoms. The monoisotopic (exact) mass is 506 g/mol. The summed E-state index contributed by atoms with van der Waals surface area (Å²) in [7, 11) is -3.22. The summed E-state index contributed by atoms with van der Waals surface area (Å²) >= 11 is 10.7. The van der Waals surface area contributed by atoms with Gasteiger partial charge >= 0.3 is 0 Å². The van der Waals surface area contributed by atoms with Crippen LogP contribution in [0.15, 0.2) is 45.9 Å². The van der Waals surface area contributed by atoms with Crippen LogP contribution in [0.5, 0.6) is 0 Å². The van der Waals surface area contributed by atoms with Crippen LogP contribution in [0, 0.1) is 11.6 Å². The Morgan fingerprint density at radius 3 is 2.71 bits per heavy atom. The quantitative estimate of drug-likeness (QED) is 0.607. The minimum absolute atomic E-state index is 0.0479. The summed E-state index contributed by atoms with van der Waals surface area (Å²) in [5, 5.41) is 0.835. The van der Waals surface area contributed by atoms with E-state index in [1.807, 2.05) is 0 Å². The number of thioether (sulfide) groups is 1. The van der Waals surface area contributed by atoms with E-state index < -0.39 is 33.6 Å². The van der Waals surface area contributed by atoms with E-state index >= 15 is 0 Å². The maximum Gasteiger partial charge on any atom is 0.164 e. The predicted octanol–water partition coefficient (Wildman–Crippen LogP) is 4.66. The molecule has 4 nitrogen and oxygen atoms in total. The fraction of sp³-hybridized carbons (Fsp3) is 0.278. The van der Waals surface area contributed by atoms with Crippen molar-refractivity contribution in [3.63, 3.8) is 0 Å². The Bertz CT molecular complexity index is 1080. The smallest absolute Gasteiger partial charge is 0.164 e. The topological polar surface area (TPSA) is 49.7 Å². The largest absolute Gasteiger partial charge is 0.312 e. The number of anilines is 1. The van der Waals surface area contributed by atoms with Crippen LogP contribution in [0.1, 0.15) is 5.56 Å². The number of nitrogens with zero attached hydrogens (tertiary/aromatic N) is 2. The number of benzene rings is 2. The molecule has 1 saturated heterocycles. The van der Waals surface area contributed by atoms with Gasteiger partial charge in [-0.15, -0.1) is 0 Å². The van der Waals surface area contributed by atoms with Crippen molar-refractivity contribution in [1.29, 1.82) is 0 Å². The second kappa shape index (κ2) is 7.59. The van der Waals surface area contributed by atoms with Crippen molar-refractivity contribution in [2.24, 2.45) is 4.99 Å². The lowest BCUT2D eigenvalue weighted by Crippen LogP contribution is -2.39. The molecule has 0 unspecified atom stereocenters. The molecule has 1 fully saturated rings. The zero-order valence-electron chi connectivity index (χ0n) is 14.3. The van der Waals surface area contributed by atoms with Gasteiger partial charge in [0.2, 0.25) is 0 Å². The summed E-state index contributed by atoms with van der Waals surface area (Å²) in [6.45, 7) is 0. The van der Waals surface area contributed by atoms with E-state index in [1.54, 1.807) is 23.1 Å². The van der Waals surface area contributed by atoms with Crippen LogP contribution in [0.2, 0.25) is 5.02 Å². The van der Waals surface area contributed by atoms with E-state index in [4.69, 9.17) is 11.6 Å². The molecular formula is C18H14BrClF2N2O2S2. The number of aliphatic imine (C=N–C) groups is 1. The fourth-order valence-corrected chi connectivity index (χ4v) is 6.98. The molecule has 2 aromatic carbocycles. The molecule has 4 rings (SSSR count). The minimum atomic E-state index is -3.22. The molecule has 0 saturated carbocycles. The summed E-state index contributed by atoms with van der Waals surface area (Å²) < 4.78 is 52.6. The third kappa shape index (κ3) is 3.94. The Morgan fingerprint density at radius 2 is 2.00 bits per heavy atom. The molecule has 0 aromatic heterocycles. The lowest BCUT2D eigenvalue weighted by Gasteiger charge is -2.27. The highest BCUT2D eigenvalue weighted by atomic mass is 79.9. The van der Waals surface area contributed by atoms with Gasteiger partial charge in [-0.1, -0.05) is 45.4 Å². The summed E-state index contributed by atoms with van der Waals surface area (Å²) in [4.78, 5) is 6.23. The Labute approximate surface area is 179 Å². The van der Waals surface area contributed by atoms with Crippen LogP contribution in [0.4, 0.5) is 14.5 Å². The van der Waals surface area contributed by atoms with Crippen LogP contribution in [0.3, 0.4) is 0 Å². The highest BCUT2D eigenvalue weighted by molar-refractivity contribution is 9.10. The molecule has 0 amide bonds. The van der Waals surface area contributed by atoms with E-state index in [9.17, 15) is 17.2 Å². The summed E-state index contributed by atoms with van der Waals surface area (Å²) in [5.74, 6) is -0.604. The lowest BCUT2D eigenvalue weighted by atomic mass is 10.1. The second-order valence-corrected chi connectivity index (χ2v) is 11.0. The van der Waals surface area contributed by atoms with Crippen molar-refractivity contribution in [3.05, 3.63) is 63.1 Å². The highest BCUT2D eigenvalue weighted by Gasteiger charge is 2.47. The third-order valence-electron chi connectivity index (χ3n) is 4.65. The maximum absolute atomic E-state index is 14.6. The molecule has 28 heavy (non-hydrogen) atoms. The van der Waals surface area contributed by atoms with Gasteiger partial charge in [0, 0.05) is 15.2 Å². The first kappa shape index (κ1) is 20.1. The molecule has 0 radical (unpaired) electrons. The molecular weight excluding hydrogens is 494 g/mol. The molecule has 148 valence electrons. The average Bonchev–Trinajstić information content (AvgIpc) is 3.06. The molecule has 10 heteroatoms. The molecule has 2 aliphatic heterocycles. The highest BCUT2D eigenvalue weighted by Crippen LogP contribution is 2.38. The first-order valence-electron chi connectivity index (χ1n) is 8.33. The van der Waals surface area contributed by atoms with Gasteiger partial charge in [0.1, 0.15) is 11.6 Å². The first-order chi connectivity index (χ1) is 13.2. The Hall–Kier alpha value is -1.16. The van der Waals surface area contributed by atoms with Crippen molar-refractivity contribution < 1.29 is 17.2 Å². The molecule has 2 aromatic rings. The van der Waals surface area contributed by atoms with Gasteiger partial charge in [-0.05, 0) is 35.9 Å². The summed E-state index contributed by atoms with van der Waals surface area (Å²) in [5.41, 5.74) is 1.00. The zero-order valence-corrected chi connectivity index (χ0v) is 18.3. The number of fused-ring (bicyclic) bond motifs is 1. The third-order valence-corrected chi connectivity index (χ3v) is 8.21. The van der Waals surface area contributed by atoms with Crippen LogP contribution < -0.4 is 4.90 Å². The van der Waals surface area contributed by atoms with Crippen molar-refractivity contribution in [3.8, 4) is 0 Å². The van der Waals surface area contributed by atoms with Gasteiger partial charge in [-0.25, -0.2) is 17.2 Å². The molecule has 0 bridgehead atoms. The van der Waals surface area contributed by atoms with Crippen molar-refractivity contribution in [1.82, 2.24) is 0 Å². The first-order valence-corrected chi connectivity index (χ1v) is 12.3. The van der Waals surface area contributed by atoms with Gasteiger partial charge in [0.15, 0.2) is 15.0 Å². The Kier molecular flexibility index (Phi) is 5.45. The molecule has 2 aliphatic rings. The number of sulfone groups is 1. The van der Waals surface area contributed by atoms with Crippen molar-refractivity contribution >= 4 is 60.0 Å². The van der Waals surface area contributed by atoms with E-state index in [2.05, 4.69) is 20.9 Å². The van der Waals surface area contributed by atoms with Gasteiger partial charge in [-0.2, -0.15) is 0 Å². The number of rotatable bonds is 3. The lowest BCUT2D eigenvalue weighted by molar-refractivity contribution is 0.600. The van der Waals surface area contributed by atoms with Crippen LogP contribution in [-0.2, 0) is 15.6 Å². The molecule has 2 heterocycles. The SMILES string of the molecule is O=S1(=O)C[C@H]2N=C(SCc3ccc(F)cc3Cl)N(c3ccc(Br)cc3F)[C@H]2C1. The minimum Gasteiger partial charge on any atom is -0.312 e. The fourth-order valence-electron chi connectivity index (χ4n) is 3.37. The number of amidine groups is 1. The van der Waals surface area contributed by atoms with Crippen molar-refractivity contribution in [2.45, 2.75) is 17.8 Å². The summed E-state index contributed by atoms with van der Waals surface area (Å²) in [6, 6.07) is 7.93. The molecule has 0 aliphatic carbocycles.